The van der Waals surface area contributed by atoms with Gasteiger partial charge in [-0.3, -0.25) is 0 Å². The SMILES string of the molecule is OCCCCCCNc1ccccc1OC(F)F. The molecule has 3 nitrogen and oxygen atoms in total. The van der Waals surface area contributed by atoms with Gasteiger partial charge >= 0.3 is 6.61 Å². The Morgan fingerprint density at radius 3 is 2.56 bits per heavy atom. The maximum atomic E-state index is 12.2. The van der Waals surface area contributed by atoms with Crippen LogP contribution in [0.3, 0.4) is 0 Å². The summed E-state index contributed by atoms with van der Waals surface area (Å²) in [5, 5.41) is 11.7. The molecule has 0 aliphatic heterocycles. The molecule has 1 aromatic carbocycles. The van der Waals surface area contributed by atoms with Crippen molar-refractivity contribution in [1.82, 2.24) is 0 Å². The van der Waals surface area contributed by atoms with Crippen LogP contribution in [0.1, 0.15) is 25.7 Å². The van der Waals surface area contributed by atoms with Gasteiger partial charge in [0.15, 0.2) is 0 Å². The van der Waals surface area contributed by atoms with Gasteiger partial charge in [0.1, 0.15) is 5.75 Å². The van der Waals surface area contributed by atoms with Crippen LogP contribution in [0.15, 0.2) is 24.3 Å². The fraction of sp³-hybridized carbons (Fsp3) is 0.538. The van der Waals surface area contributed by atoms with Gasteiger partial charge in [0.2, 0.25) is 0 Å². The first-order valence-electron chi connectivity index (χ1n) is 6.12. The van der Waals surface area contributed by atoms with Crippen LogP contribution in [-0.2, 0) is 0 Å². The van der Waals surface area contributed by atoms with E-state index in [0.717, 1.165) is 25.7 Å². The normalized spacial score (nSPS) is 10.7. The summed E-state index contributed by atoms with van der Waals surface area (Å²) in [6.45, 7) is -1.88. The second-order valence-electron chi connectivity index (χ2n) is 3.94. The third kappa shape index (κ3) is 5.82. The molecule has 0 radical (unpaired) electrons. The van der Waals surface area contributed by atoms with Crippen molar-refractivity contribution in [3.8, 4) is 5.75 Å². The van der Waals surface area contributed by atoms with Crippen molar-refractivity contribution >= 4 is 5.69 Å². The molecule has 5 heteroatoms. The van der Waals surface area contributed by atoms with E-state index in [9.17, 15) is 8.78 Å². The van der Waals surface area contributed by atoms with Crippen LogP contribution in [0.25, 0.3) is 0 Å². The molecule has 102 valence electrons. The monoisotopic (exact) mass is 259 g/mol. The van der Waals surface area contributed by atoms with Gasteiger partial charge in [-0.25, -0.2) is 0 Å². The van der Waals surface area contributed by atoms with Crippen molar-refractivity contribution in [2.45, 2.75) is 32.3 Å². The van der Waals surface area contributed by atoms with E-state index in [0.29, 0.717) is 12.2 Å². The predicted octanol–water partition coefficient (Wildman–Crippen LogP) is 3.25. The van der Waals surface area contributed by atoms with Crippen molar-refractivity contribution in [1.29, 1.82) is 0 Å². The Kier molecular flexibility index (Phi) is 7.10. The molecule has 0 spiro atoms. The van der Waals surface area contributed by atoms with Gasteiger partial charge in [0.25, 0.3) is 0 Å². The number of hydrogen-bond donors (Lipinski definition) is 2. The molecule has 0 atom stereocenters. The van der Waals surface area contributed by atoms with E-state index in [1.54, 1.807) is 18.2 Å². The van der Waals surface area contributed by atoms with Crippen LogP contribution in [-0.4, -0.2) is 24.9 Å². The lowest BCUT2D eigenvalue weighted by Crippen LogP contribution is -2.07. The Morgan fingerprint density at radius 1 is 1.11 bits per heavy atom. The number of rotatable bonds is 9. The summed E-state index contributed by atoms with van der Waals surface area (Å²) in [5.74, 6) is 0.169. The van der Waals surface area contributed by atoms with Crippen LogP contribution in [0.2, 0.25) is 0 Å². The first-order valence-corrected chi connectivity index (χ1v) is 6.12. The molecule has 18 heavy (non-hydrogen) atoms. The van der Waals surface area contributed by atoms with Gasteiger partial charge in [0.05, 0.1) is 5.69 Å². The molecular weight excluding hydrogens is 240 g/mol. The molecule has 0 aliphatic rings. The van der Waals surface area contributed by atoms with Gasteiger partial charge in [-0.05, 0) is 25.0 Å². The van der Waals surface area contributed by atoms with Crippen LogP contribution in [0.5, 0.6) is 5.75 Å². The zero-order valence-corrected chi connectivity index (χ0v) is 10.2. The van der Waals surface area contributed by atoms with Crippen molar-refractivity contribution in [3.05, 3.63) is 24.3 Å². The van der Waals surface area contributed by atoms with Crippen LogP contribution < -0.4 is 10.1 Å². The average molecular weight is 259 g/mol. The maximum Gasteiger partial charge on any atom is 0.387 e. The number of aliphatic hydroxyl groups is 1. The quantitative estimate of drug-likeness (QED) is 0.669. The molecule has 0 aliphatic carbocycles. The molecule has 0 amide bonds. The van der Waals surface area contributed by atoms with E-state index in [-0.39, 0.29) is 12.4 Å². The minimum absolute atomic E-state index is 0.169. The highest BCUT2D eigenvalue weighted by molar-refractivity contribution is 5.56. The molecular formula is C13H19F2NO2. The molecule has 1 aromatic rings. The Bertz CT molecular complexity index is 335. The Hall–Kier alpha value is -1.36. The second kappa shape index (κ2) is 8.69. The van der Waals surface area contributed by atoms with Gasteiger partial charge in [0, 0.05) is 13.2 Å². The van der Waals surface area contributed by atoms with E-state index in [4.69, 9.17) is 5.11 Å². The number of ether oxygens (including phenoxy) is 1. The van der Waals surface area contributed by atoms with Gasteiger partial charge < -0.3 is 15.2 Å². The minimum Gasteiger partial charge on any atom is -0.433 e. The summed E-state index contributed by atoms with van der Waals surface area (Å²) in [5.41, 5.74) is 0.583. The fourth-order valence-electron chi connectivity index (χ4n) is 1.62. The van der Waals surface area contributed by atoms with Crippen molar-refractivity contribution in [2.24, 2.45) is 0 Å². The van der Waals surface area contributed by atoms with E-state index in [1.165, 1.54) is 6.07 Å². The molecule has 0 saturated carbocycles. The van der Waals surface area contributed by atoms with Gasteiger partial charge in [-0.1, -0.05) is 25.0 Å². The molecule has 2 N–H and O–H groups in total. The molecule has 0 saturated heterocycles. The highest BCUT2D eigenvalue weighted by Gasteiger charge is 2.08. The summed E-state index contributed by atoms with van der Waals surface area (Å²) in [6, 6.07) is 6.66. The third-order valence-electron chi connectivity index (χ3n) is 2.50. The second-order valence-corrected chi connectivity index (χ2v) is 3.94. The summed E-state index contributed by atoms with van der Waals surface area (Å²) in [4.78, 5) is 0. The highest BCUT2D eigenvalue weighted by atomic mass is 19.3. The highest BCUT2D eigenvalue weighted by Crippen LogP contribution is 2.25. The van der Waals surface area contributed by atoms with Crippen LogP contribution >= 0.6 is 0 Å². The first-order chi connectivity index (χ1) is 8.74. The number of anilines is 1. The molecule has 0 unspecified atom stereocenters. The summed E-state index contributed by atoms with van der Waals surface area (Å²) in [7, 11) is 0. The van der Waals surface area contributed by atoms with E-state index < -0.39 is 6.61 Å². The molecule has 1 rings (SSSR count). The minimum atomic E-state index is -2.81. The number of alkyl halides is 2. The van der Waals surface area contributed by atoms with Crippen molar-refractivity contribution in [3.63, 3.8) is 0 Å². The molecule has 0 bridgehead atoms. The van der Waals surface area contributed by atoms with E-state index in [2.05, 4.69) is 10.1 Å². The summed E-state index contributed by atoms with van der Waals surface area (Å²) >= 11 is 0. The molecule has 0 fully saturated rings. The smallest absolute Gasteiger partial charge is 0.387 e. The van der Waals surface area contributed by atoms with E-state index in [1.807, 2.05) is 0 Å². The molecule has 0 aromatic heterocycles. The number of aliphatic hydroxyl groups excluding tert-OH is 1. The standard InChI is InChI=1S/C13H19F2NO2/c14-13(15)18-12-8-4-3-7-11(12)16-9-5-1-2-6-10-17/h3-4,7-8,13,16-17H,1-2,5-6,9-10H2. The topological polar surface area (TPSA) is 41.5 Å². The Morgan fingerprint density at radius 2 is 1.83 bits per heavy atom. The number of unbranched alkanes of at least 4 members (excludes halogenated alkanes) is 3. The Balaban J connectivity index is 2.32. The lowest BCUT2D eigenvalue weighted by atomic mass is 10.2. The number of para-hydroxylation sites is 2. The van der Waals surface area contributed by atoms with E-state index >= 15 is 0 Å². The maximum absolute atomic E-state index is 12.2. The summed E-state index contributed by atoms with van der Waals surface area (Å²) < 4.78 is 28.7. The van der Waals surface area contributed by atoms with Gasteiger partial charge in [-0.15, -0.1) is 0 Å². The zero-order valence-electron chi connectivity index (χ0n) is 10.2. The lowest BCUT2D eigenvalue weighted by molar-refractivity contribution is -0.0493. The van der Waals surface area contributed by atoms with Crippen molar-refractivity contribution in [2.75, 3.05) is 18.5 Å². The number of hydrogen-bond acceptors (Lipinski definition) is 3. The summed E-state index contributed by atoms with van der Waals surface area (Å²) in [6.07, 6.45) is 3.73. The predicted molar refractivity (Wildman–Crippen MR) is 67.1 cm³/mol. The van der Waals surface area contributed by atoms with Crippen molar-refractivity contribution < 1.29 is 18.6 Å². The molecule has 0 heterocycles. The average Bonchev–Trinajstić information content (AvgIpc) is 2.35. The number of nitrogens with one attached hydrogen (secondary N) is 1. The fourth-order valence-corrected chi connectivity index (χ4v) is 1.62. The zero-order chi connectivity index (χ0) is 13.2. The third-order valence-corrected chi connectivity index (χ3v) is 2.50. The Labute approximate surface area is 106 Å². The number of benzene rings is 1. The lowest BCUT2D eigenvalue weighted by Gasteiger charge is -2.12. The van der Waals surface area contributed by atoms with Gasteiger partial charge in [-0.2, -0.15) is 8.78 Å². The first kappa shape index (κ1) is 14.7. The largest absolute Gasteiger partial charge is 0.433 e. The van der Waals surface area contributed by atoms with Crippen LogP contribution in [0.4, 0.5) is 14.5 Å². The number of halogens is 2. The van der Waals surface area contributed by atoms with Crippen LogP contribution in [0, 0.1) is 0 Å².